The molecule has 1 fully saturated rings. The van der Waals surface area contributed by atoms with Crippen LogP contribution in [0.4, 0.5) is 0 Å². The highest BCUT2D eigenvalue weighted by atomic mass is 32.1. The molecular formula is C13H18N2O2S. The Balaban J connectivity index is 2.07. The summed E-state index contributed by atoms with van der Waals surface area (Å²) >= 11 is 4.89. The summed E-state index contributed by atoms with van der Waals surface area (Å²) in [5, 5.41) is 0. The average molecular weight is 266 g/mol. The Morgan fingerprint density at radius 1 is 1.50 bits per heavy atom. The molecule has 1 amide bonds. The third-order valence-corrected chi connectivity index (χ3v) is 3.56. The molecule has 0 spiro atoms. The molecule has 0 aliphatic heterocycles. The van der Waals surface area contributed by atoms with Gasteiger partial charge in [-0.3, -0.25) is 4.79 Å². The summed E-state index contributed by atoms with van der Waals surface area (Å²) < 4.78 is 5.19. The molecule has 0 radical (unpaired) electrons. The van der Waals surface area contributed by atoms with Crippen molar-refractivity contribution in [2.75, 3.05) is 6.54 Å². The Labute approximate surface area is 112 Å². The first kappa shape index (κ1) is 13.1. The Hall–Kier alpha value is -1.36. The topological polar surface area (TPSA) is 59.5 Å². The monoisotopic (exact) mass is 266 g/mol. The molecule has 1 saturated carbocycles. The highest BCUT2D eigenvalue weighted by Gasteiger charge is 2.28. The number of hydrogen-bond acceptors (Lipinski definition) is 3. The molecule has 0 aromatic carbocycles. The quantitative estimate of drug-likeness (QED) is 0.831. The van der Waals surface area contributed by atoms with Gasteiger partial charge in [0.2, 0.25) is 0 Å². The molecule has 5 heteroatoms. The highest BCUT2D eigenvalue weighted by Crippen LogP contribution is 2.25. The molecular weight excluding hydrogens is 248 g/mol. The summed E-state index contributed by atoms with van der Waals surface area (Å²) in [6, 6.07) is 3.73. The van der Waals surface area contributed by atoms with Gasteiger partial charge in [-0.2, -0.15) is 0 Å². The van der Waals surface area contributed by atoms with Crippen molar-refractivity contribution in [3.8, 4) is 0 Å². The molecule has 1 aliphatic carbocycles. The Morgan fingerprint density at radius 2 is 2.22 bits per heavy atom. The molecule has 2 rings (SSSR count). The van der Waals surface area contributed by atoms with Crippen LogP contribution in [0.1, 0.15) is 42.7 Å². The number of amides is 1. The zero-order chi connectivity index (χ0) is 13.0. The fraction of sp³-hybridized carbons (Fsp3) is 0.538. The molecule has 1 aromatic heterocycles. The lowest BCUT2D eigenvalue weighted by Gasteiger charge is -2.28. The summed E-state index contributed by atoms with van der Waals surface area (Å²) in [4.78, 5) is 14.7. The van der Waals surface area contributed by atoms with Crippen molar-refractivity contribution < 1.29 is 9.21 Å². The molecule has 98 valence electrons. The van der Waals surface area contributed by atoms with E-state index in [2.05, 4.69) is 0 Å². The fourth-order valence-electron chi connectivity index (χ4n) is 2.44. The maximum absolute atomic E-state index is 12.4. The van der Waals surface area contributed by atoms with Crippen molar-refractivity contribution >= 4 is 23.1 Å². The zero-order valence-electron chi connectivity index (χ0n) is 10.3. The molecule has 1 heterocycles. The van der Waals surface area contributed by atoms with E-state index in [0.717, 1.165) is 12.8 Å². The van der Waals surface area contributed by atoms with Crippen molar-refractivity contribution in [3.05, 3.63) is 24.2 Å². The van der Waals surface area contributed by atoms with Gasteiger partial charge in [0.15, 0.2) is 5.76 Å². The van der Waals surface area contributed by atoms with Crippen LogP contribution in [0.3, 0.4) is 0 Å². The second-order valence-corrected chi connectivity index (χ2v) is 5.15. The van der Waals surface area contributed by atoms with E-state index in [1.54, 1.807) is 12.1 Å². The molecule has 4 nitrogen and oxygen atoms in total. The van der Waals surface area contributed by atoms with Gasteiger partial charge in [-0.1, -0.05) is 25.1 Å². The normalized spacial score (nSPS) is 15.8. The van der Waals surface area contributed by atoms with E-state index in [0.29, 0.717) is 29.8 Å². The molecule has 0 saturated heterocycles. The van der Waals surface area contributed by atoms with Crippen molar-refractivity contribution in [2.45, 2.75) is 38.1 Å². The van der Waals surface area contributed by atoms with Crippen LogP contribution in [-0.2, 0) is 0 Å². The van der Waals surface area contributed by atoms with Gasteiger partial charge in [0.05, 0.1) is 11.3 Å². The number of carbonyl (C=O) groups excluding carboxylic acids is 1. The number of furan rings is 1. The first-order valence-corrected chi connectivity index (χ1v) is 6.72. The van der Waals surface area contributed by atoms with E-state index in [9.17, 15) is 4.79 Å². The summed E-state index contributed by atoms with van der Waals surface area (Å²) in [7, 11) is 0. The van der Waals surface area contributed by atoms with Crippen molar-refractivity contribution in [1.82, 2.24) is 4.90 Å². The van der Waals surface area contributed by atoms with E-state index >= 15 is 0 Å². The lowest BCUT2D eigenvalue weighted by atomic mass is 10.2. The lowest BCUT2D eigenvalue weighted by Crippen LogP contribution is -2.40. The number of nitrogens with two attached hydrogens (primary N) is 1. The standard InChI is InChI=1S/C13H18N2O2S/c14-12(18)7-8-15(10-4-1-2-5-10)13(16)11-6-3-9-17-11/h3,6,9-10H,1-2,4-5,7-8H2,(H2,14,18). The maximum atomic E-state index is 12.4. The van der Waals surface area contributed by atoms with Gasteiger partial charge in [-0.05, 0) is 25.0 Å². The summed E-state index contributed by atoms with van der Waals surface area (Å²) in [5.74, 6) is 0.341. The molecule has 0 bridgehead atoms. The van der Waals surface area contributed by atoms with Crippen LogP contribution in [0, 0.1) is 0 Å². The summed E-state index contributed by atoms with van der Waals surface area (Å²) in [5.41, 5.74) is 5.53. The van der Waals surface area contributed by atoms with Gasteiger partial charge in [0.1, 0.15) is 0 Å². The first-order chi connectivity index (χ1) is 8.68. The third kappa shape index (κ3) is 3.10. The van der Waals surface area contributed by atoms with E-state index < -0.39 is 0 Å². The van der Waals surface area contributed by atoms with E-state index in [-0.39, 0.29) is 5.91 Å². The average Bonchev–Trinajstić information content (AvgIpc) is 3.01. The molecule has 0 unspecified atom stereocenters. The number of carbonyl (C=O) groups is 1. The van der Waals surface area contributed by atoms with Crippen molar-refractivity contribution in [3.63, 3.8) is 0 Å². The fourth-order valence-corrected chi connectivity index (χ4v) is 2.53. The minimum absolute atomic E-state index is 0.0526. The number of nitrogens with zero attached hydrogens (tertiary/aromatic N) is 1. The minimum atomic E-state index is -0.0526. The number of hydrogen-bond donors (Lipinski definition) is 1. The lowest BCUT2D eigenvalue weighted by molar-refractivity contribution is 0.0655. The molecule has 18 heavy (non-hydrogen) atoms. The molecule has 2 N–H and O–H groups in total. The Kier molecular flexibility index (Phi) is 4.36. The predicted octanol–water partition coefficient (Wildman–Crippen LogP) is 2.34. The summed E-state index contributed by atoms with van der Waals surface area (Å²) in [6.45, 7) is 0.583. The SMILES string of the molecule is NC(=S)CCN(C(=O)c1ccco1)C1CCCC1. The largest absolute Gasteiger partial charge is 0.459 e. The van der Waals surface area contributed by atoms with Gasteiger partial charge in [-0.15, -0.1) is 0 Å². The van der Waals surface area contributed by atoms with Crippen LogP contribution in [0.15, 0.2) is 22.8 Å². The maximum Gasteiger partial charge on any atom is 0.289 e. The van der Waals surface area contributed by atoms with Gasteiger partial charge in [-0.25, -0.2) is 0 Å². The smallest absolute Gasteiger partial charge is 0.289 e. The van der Waals surface area contributed by atoms with Crippen LogP contribution in [0.25, 0.3) is 0 Å². The third-order valence-electron chi connectivity index (χ3n) is 3.36. The Morgan fingerprint density at radius 3 is 2.78 bits per heavy atom. The summed E-state index contributed by atoms with van der Waals surface area (Å²) in [6.07, 6.45) is 6.57. The highest BCUT2D eigenvalue weighted by molar-refractivity contribution is 7.80. The van der Waals surface area contributed by atoms with Crippen LogP contribution >= 0.6 is 12.2 Å². The van der Waals surface area contributed by atoms with Gasteiger partial charge < -0.3 is 15.1 Å². The van der Waals surface area contributed by atoms with Crippen LogP contribution in [-0.4, -0.2) is 28.4 Å². The van der Waals surface area contributed by atoms with E-state index in [4.69, 9.17) is 22.4 Å². The van der Waals surface area contributed by atoms with Gasteiger partial charge in [0.25, 0.3) is 5.91 Å². The van der Waals surface area contributed by atoms with E-state index in [1.165, 1.54) is 19.1 Å². The Bertz CT molecular complexity index is 411. The molecule has 1 aromatic rings. The molecule has 0 atom stereocenters. The predicted molar refractivity (Wildman–Crippen MR) is 73.4 cm³/mol. The second-order valence-electron chi connectivity index (χ2n) is 4.63. The van der Waals surface area contributed by atoms with Crippen LogP contribution in [0.5, 0.6) is 0 Å². The zero-order valence-corrected chi connectivity index (χ0v) is 11.1. The molecule has 1 aliphatic rings. The van der Waals surface area contributed by atoms with E-state index in [1.807, 2.05) is 4.90 Å². The first-order valence-electron chi connectivity index (χ1n) is 6.31. The van der Waals surface area contributed by atoms with Gasteiger partial charge >= 0.3 is 0 Å². The second kappa shape index (κ2) is 6.00. The number of thiocarbonyl (C=S) groups is 1. The van der Waals surface area contributed by atoms with Crippen LogP contribution < -0.4 is 5.73 Å². The van der Waals surface area contributed by atoms with Gasteiger partial charge in [0, 0.05) is 19.0 Å². The minimum Gasteiger partial charge on any atom is -0.459 e. The number of rotatable bonds is 5. The van der Waals surface area contributed by atoms with Crippen molar-refractivity contribution in [1.29, 1.82) is 0 Å². The van der Waals surface area contributed by atoms with Crippen LogP contribution in [0.2, 0.25) is 0 Å². The van der Waals surface area contributed by atoms with Crippen molar-refractivity contribution in [2.24, 2.45) is 5.73 Å².